The van der Waals surface area contributed by atoms with E-state index in [0.29, 0.717) is 6.61 Å². The molecule has 1 atom stereocenters. The summed E-state index contributed by atoms with van der Waals surface area (Å²) >= 11 is 0. The second-order valence-corrected chi connectivity index (χ2v) is 2.44. The van der Waals surface area contributed by atoms with Crippen molar-refractivity contribution in [3.8, 4) is 0 Å². The van der Waals surface area contributed by atoms with Crippen LogP contribution in [0.2, 0.25) is 0 Å². The third kappa shape index (κ3) is 3.17. The summed E-state index contributed by atoms with van der Waals surface area (Å²) in [5, 5.41) is 26.2. The first kappa shape index (κ1) is 11.4. The number of hydrogen-bond donors (Lipinski definition) is 3. The number of aliphatic hydroxyl groups excluding tert-OH is 1. The minimum atomic E-state index is -2.06. The molecule has 72 valence electrons. The van der Waals surface area contributed by atoms with Crippen LogP contribution in [0.25, 0.3) is 0 Å². The molecule has 5 heteroatoms. The third-order valence-electron chi connectivity index (χ3n) is 1.52. The van der Waals surface area contributed by atoms with Crippen molar-refractivity contribution in [3.05, 3.63) is 0 Å². The van der Waals surface area contributed by atoms with Gasteiger partial charge in [0.25, 0.3) is 0 Å². The second-order valence-electron chi connectivity index (χ2n) is 2.44. The van der Waals surface area contributed by atoms with Crippen LogP contribution in [0.1, 0.15) is 13.3 Å². The SMILES string of the molecule is CCOCCC(O)(CO)C(=O)O. The maximum Gasteiger partial charge on any atom is 0.338 e. The van der Waals surface area contributed by atoms with E-state index in [2.05, 4.69) is 0 Å². The fourth-order valence-electron chi connectivity index (χ4n) is 0.639. The molecule has 0 rings (SSSR count). The number of carbonyl (C=O) groups is 1. The van der Waals surface area contributed by atoms with Crippen molar-refractivity contribution in [3.63, 3.8) is 0 Å². The van der Waals surface area contributed by atoms with Gasteiger partial charge >= 0.3 is 5.97 Å². The van der Waals surface area contributed by atoms with E-state index in [4.69, 9.17) is 14.9 Å². The molecule has 12 heavy (non-hydrogen) atoms. The molecule has 0 saturated carbocycles. The van der Waals surface area contributed by atoms with E-state index < -0.39 is 18.2 Å². The highest BCUT2D eigenvalue weighted by atomic mass is 16.5. The average molecular weight is 178 g/mol. The lowest BCUT2D eigenvalue weighted by Gasteiger charge is -2.19. The summed E-state index contributed by atoms with van der Waals surface area (Å²) in [6.45, 7) is 1.55. The molecule has 0 aromatic carbocycles. The Kier molecular flexibility index (Phi) is 4.80. The number of carboxylic acids is 1. The largest absolute Gasteiger partial charge is 0.479 e. The highest BCUT2D eigenvalue weighted by Gasteiger charge is 2.34. The number of aliphatic hydroxyl groups is 2. The summed E-state index contributed by atoms with van der Waals surface area (Å²) in [6, 6.07) is 0. The number of aliphatic carboxylic acids is 1. The quantitative estimate of drug-likeness (QED) is 0.464. The van der Waals surface area contributed by atoms with E-state index >= 15 is 0 Å². The smallest absolute Gasteiger partial charge is 0.338 e. The van der Waals surface area contributed by atoms with Crippen LogP contribution in [0, 0.1) is 0 Å². The molecule has 0 aliphatic carbocycles. The summed E-state index contributed by atoms with van der Waals surface area (Å²) < 4.78 is 4.85. The molecule has 0 aliphatic heterocycles. The Hall–Kier alpha value is -0.650. The molecule has 0 spiro atoms. The van der Waals surface area contributed by atoms with E-state index in [-0.39, 0.29) is 13.0 Å². The van der Waals surface area contributed by atoms with Crippen molar-refractivity contribution in [1.82, 2.24) is 0 Å². The zero-order valence-electron chi connectivity index (χ0n) is 6.99. The topological polar surface area (TPSA) is 87.0 Å². The molecule has 0 fully saturated rings. The van der Waals surface area contributed by atoms with E-state index in [0.717, 1.165) is 0 Å². The Morgan fingerprint density at radius 2 is 2.17 bits per heavy atom. The monoisotopic (exact) mass is 178 g/mol. The van der Waals surface area contributed by atoms with Gasteiger partial charge in [0, 0.05) is 19.6 Å². The number of hydrogen-bond acceptors (Lipinski definition) is 4. The molecule has 0 saturated heterocycles. The van der Waals surface area contributed by atoms with Crippen LogP contribution in [0.5, 0.6) is 0 Å². The molecule has 0 radical (unpaired) electrons. The lowest BCUT2D eigenvalue weighted by Crippen LogP contribution is -2.43. The molecule has 0 aromatic heterocycles. The van der Waals surface area contributed by atoms with Gasteiger partial charge in [-0.2, -0.15) is 0 Å². The molecule has 3 N–H and O–H groups in total. The number of ether oxygens (including phenoxy) is 1. The summed E-state index contributed by atoms with van der Waals surface area (Å²) in [6.07, 6.45) is -0.104. The molecular formula is C7H14O5. The lowest BCUT2D eigenvalue weighted by molar-refractivity contribution is -0.165. The summed E-state index contributed by atoms with van der Waals surface area (Å²) in [5.41, 5.74) is -2.06. The fourth-order valence-corrected chi connectivity index (χ4v) is 0.639. The van der Waals surface area contributed by atoms with Crippen molar-refractivity contribution in [1.29, 1.82) is 0 Å². The van der Waals surface area contributed by atoms with E-state index in [1.165, 1.54) is 0 Å². The average Bonchev–Trinajstić information content (AvgIpc) is 2.04. The van der Waals surface area contributed by atoms with Crippen LogP contribution >= 0.6 is 0 Å². The van der Waals surface area contributed by atoms with Gasteiger partial charge < -0.3 is 20.1 Å². The standard InChI is InChI=1S/C7H14O5/c1-2-12-4-3-7(11,5-8)6(9)10/h8,11H,2-5H2,1H3,(H,9,10). The van der Waals surface area contributed by atoms with Crippen LogP contribution < -0.4 is 0 Å². The molecule has 0 aliphatic rings. The maximum atomic E-state index is 10.4. The van der Waals surface area contributed by atoms with Gasteiger partial charge in [0.2, 0.25) is 0 Å². The predicted octanol–water partition coefficient (Wildman–Crippen LogP) is -0.779. The molecule has 0 aromatic rings. The second kappa shape index (κ2) is 5.08. The van der Waals surface area contributed by atoms with E-state index in [1.54, 1.807) is 6.92 Å². The molecule has 1 unspecified atom stereocenters. The lowest BCUT2D eigenvalue weighted by atomic mass is 10.0. The molecular weight excluding hydrogens is 164 g/mol. The van der Waals surface area contributed by atoms with Gasteiger partial charge in [0.15, 0.2) is 5.60 Å². The van der Waals surface area contributed by atoms with Gasteiger partial charge in [-0.05, 0) is 6.92 Å². The van der Waals surface area contributed by atoms with Crippen molar-refractivity contribution in [2.24, 2.45) is 0 Å². The normalized spacial score (nSPS) is 15.6. The molecule has 0 bridgehead atoms. The highest BCUT2D eigenvalue weighted by Crippen LogP contribution is 2.09. The maximum absolute atomic E-state index is 10.4. The zero-order valence-corrected chi connectivity index (χ0v) is 6.99. The van der Waals surface area contributed by atoms with Gasteiger partial charge in [0.1, 0.15) is 0 Å². The van der Waals surface area contributed by atoms with Gasteiger partial charge in [0.05, 0.1) is 6.61 Å². The van der Waals surface area contributed by atoms with E-state index in [1.807, 2.05) is 0 Å². The summed E-state index contributed by atoms with van der Waals surface area (Å²) in [7, 11) is 0. The Bertz CT molecular complexity index is 147. The Labute approximate surface area is 70.6 Å². The van der Waals surface area contributed by atoms with Gasteiger partial charge in [-0.25, -0.2) is 4.79 Å². The molecule has 0 heterocycles. The number of carboxylic acid groups (broad SMARTS) is 1. The number of rotatable bonds is 6. The van der Waals surface area contributed by atoms with Gasteiger partial charge in [-0.15, -0.1) is 0 Å². The Balaban J connectivity index is 3.88. The summed E-state index contributed by atoms with van der Waals surface area (Å²) in [4.78, 5) is 10.4. The minimum absolute atomic E-state index is 0.104. The first-order valence-electron chi connectivity index (χ1n) is 3.71. The zero-order chi connectivity index (χ0) is 9.61. The Morgan fingerprint density at radius 1 is 1.58 bits per heavy atom. The Morgan fingerprint density at radius 3 is 2.50 bits per heavy atom. The first-order chi connectivity index (χ1) is 5.56. The van der Waals surface area contributed by atoms with Crippen LogP contribution in [0.3, 0.4) is 0 Å². The molecule has 5 nitrogen and oxygen atoms in total. The van der Waals surface area contributed by atoms with Crippen LogP contribution in [-0.4, -0.2) is 46.7 Å². The third-order valence-corrected chi connectivity index (χ3v) is 1.52. The van der Waals surface area contributed by atoms with Crippen molar-refractivity contribution in [2.75, 3.05) is 19.8 Å². The van der Waals surface area contributed by atoms with Crippen LogP contribution in [-0.2, 0) is 9.53 Å². The fraction of sp³-hybridized carbons (Fsp3) is 0.857. The predicted molar refractivity (Wildman–Crippen MR) is 40.8 cm³/mol. The minimum Gasteiger partial charge on any atom is -0.479 e. The first-order valence-corrected chi connectivity index (χ1v) is 3.71. The van der Waals surface area contributed by atoms with Crippen LogP contribution in [0.15, 0.2) is 0 Å². The van der Waals surface area contributed by atoms with Crippen molar-refractivity contribution < 1.29 is 24.9 Å². The molecule has 0 amide bonds. The summed E-state index contributed by atoms with van der Waals surface area (Å²) in [5.74, 6) is -1.43. The highest BCUT2D eigenvalue weighted by molar-refractivity contribution is 5.77. The van der Waals surface area contributed by atoms with Crippen molar-refractivity contribution >= 4 is 5.97 Å². The van der Waals surface area contributed by atoms with Gasteiger partial charge in [-0.1, -0.05) is 0 Å². The van der Waals surface area contributed by atoms with Gasteiger partial charge in [-0.3, -0.25) is 0 Å². The van der Waals surface area contributed by atoms with Crippen molar-refractivity contribution in [2.45, 2.75) is 18.9 Å². The van der Waals surface area contributed by atoms with E-state index in [9.17, 15) is 9.90 Å². The van der Waals surface area contributed by atoms with Crippen LogP contribution in [0.4, 0.5) is 0 Å².